The molecule has 0 aliphatic heterocycles. The molecule has 0 spiro atoms. The Labute approximate surface area is 138 Å². The van der Waals surface area contributed by atoms with Crippen molar-refractivity contribution in [3.63, 3.8) is 0 Å². The van der Waals surface area contributed by atoms with E-state index in [1.807, 2.05) is 32.9 Å². The van der Waals surface area contributed by atoms with E-state index >= 15 is 0 Å². The molecule has 1 aromatic carbocycles. The maximum atomic E-state index is 12.0. The lowest BCUT2D eigenvalue weighted by Crippen LogP contribution is -2.34. The first-order valence-electron chi connectivity index (χ1n) is 8.11. The number of amides is 2. The summed E-state index contributed by atoms with van der Waals surface area (Å²) >= 11 is 0. The third kappa shape index (κ3) is 7.68. The second-order valence-corrected chi connectivity index (χ2v) is 6.58. The number of rotatable bonds is 6. The first-order valence-corrected chi connectivity index (χ1v) is 8.11. The summed E-state index contributed by atoms with van der Waals surface area (Å²) in [7, 11) is 0. The molecule has 128 valence electrons. The molecule has 0 saturated heterocycles. The van der Waals surface area contributed by atoms with Gasteiger partial charge in [-0.25, -0.2) is 4.79 Å². The van der Waals surface area contributed by atoms with Crippen LogP contribution in [0.15, 0.2) is 24.3 Å². The highest BCUT2D eigenvalue weighted by Gasteiger charge is 2.16. The maximum Gasteiger partial charge on any atom is 0.412 e. The van der Waals surface area contributed by atoms with Crippen molar-refractivity contribution < 1.29 is 14.3 Å². The van der Waals surface area contributed by atoms with Gasteiger partial charge in [-0.15, -0.1) is 0 Å². The molecule has 5 nitrogen and oxygen atoms in total. The van der Waals surface area contributed by atoms with Crippen LogP contribution in [0.25, 0.3) is 0 Å². The molecule has 0 heterocycles. The van der Waals surface area contributed by atoms with Crippen molar-refractivity contribution in [2.24, 2.45) is 0 Å². The number of ether oxygens (including phenoxy) is 1. The molecule has 1 rings (SSSR count). The van der Waals surface area contributed by atoms with Crippen LogP contribution in [-0.4, -0.2) is 23.6 Å². The van der Waals surface area contributed by atoms with E-state index in [0.717, 1.165) is 18.4 Å². The summed E-state index contributed by atoms with van der Waals surface area (Å²) in [6, 6.07) is 7.43. The summed E-state index contributed by atoms with van der Waals surface area (Å²) < 4.78 is 5.19. The van der Waals surface area contributed by atoms with Crippen LogP contribution in [0.4, 0.5) is 10.5 Å². The number of hydrogen-bond acceptors (Lipinski definition) is 3. The fourth-order valence-corrected chi connectivity index (χ4v) is 2.08. The normalized spacial score (nSPS) is 11.2. The van der Waals surface area contributed by atoms with Crippen LogP contribution in [0.3, 0.4) is 0 Å². The predicted octanol–water partition coefficient (Wildman–Crippen LogP) is 3.88. The maximum absolute atomic E-state index is 12.0. The molecule has 2 N–H and O–H groups in total. The van der Waals surface area contributed by atoms with E-state index in [4.69, 9.17) is 4.74 Å². The fraction of sp³-hybridized carbons (Fsp3) is 0.556. The fourth-order valence-electron chi connectivity index (χ4n) is 2.08. The average Bonchev–Trinajstić information content (AvgIpc) is 2.44. The standard InChI is InChI=1S/C18H28N2O3/c1-6-14(7-2)19-16(21)12-13-8-10-15(11-9-13)20-17(22)23-18(3,4)5/h8-11,14H,6-7,12H2,1-5H3,(H,19,21)(H,20,22). The molecular formula is C18H28N2O3. The molecule has 2 amide bonds. The summed E-state index contributed by atoms with van der Waals surface area (Å²) in [5.74, 6) is 0.0200. The summed E-state index contributed by atoms with van der Waals surface area (Å²) in [4.78, 5) is 23.6. The monoisotopic (exact) mass is 320 g/mol. The van der Waals surface area contributed by atoms with E-state index in [0.29, 0.717) is 12.1 Å². The predicted molar refractivity (Wildman–Crippen MR) is 92.5 cm³/mol. The Bertz CT molecular complexity index is 514. The lowest BCUT2D eigenvalue weighted by Gasteiger charge is -2.19. The van der Waals surface area contributed by atoms with E-state index in [1.165, 1.54) is 0 Å². The largest absolute Gasteiger partial charge is 0.444 e. The second-order valence-electron chi connectivity index (χ2n) is 6.58. The third-order valence-electron chi connectivity index (χ3n) is 3.31. The first kappa shape index (κ1) is 19.0. The Kier molecular flexibility index (Phi) is 7.07. The van der Waals surface area contributed by atoms with Crippen LogP contribution in [0, 0.1) is 0 Å². The Balaban J connectivity index is 2.53. The number of nitrogens with one attached hydrogen (secondary N) is 2. The highest BCUT2D eigenvalue weighted by Crippen LogP contribution is 2.13. The lowest BCUT2D eigenvalue weighted by molar-refractivity contribution is -0.121. The molecule has 0 unspecified atom stereocenters. The Hall–Kier alpha value is -2.04. The van der Waals surface area contributed by atoms with E-state index in [9.17, 15) is 9.59 Å². The average molecular weight is 320 g/mol. The minimum Gasteiger partial charge on any atom is -0.444 e. The van der Waals surface area contributed by atoms with Gasteiger partial charge >= 0.3 is 6.09 Å². The molecule has 0 aromatic heterocycles. The summed E-state index contributed by atoms with van der Waals surface area (Å²) in [6.45, 7) is 9.56. The molecule has 0 aliphatic carbocycles. The van der Waals surface area contributed by atoms with E-state index in [-0.39, 0.29) is 11.9 Å². The van der Waals surface area contributed by atoms with Gasteiger partial charge in [0.15, 0.2) is 0 Å². The number of carbonyl (C=O) groups excluding carboxylic acids is 2. The molecule has 0 atom stereocenters. The molecule has 0 radical (unpaired) electrons. The van der Waals surface area contributed by atoms with Crippen LogP contribution in [0.2, 0.25) is 0 Å². The number of hydrogen-bond donors (Lipinski definition) is 2. The minimum absolute atomic E-state index is 0.0200. The van der Waals surface area contributed by atoms with Gasteiger partial charge in [0.05, 0.1) is 6.42 Å². The van der Waals surface area contributed by atoms with Crippen molar-refractivity contribution in [1.29, 1.82) is 0 Å². The van der Waals surface area contributed by atoms with Crippen molar-refractivity contribution in [2.45, 2.75) is 65.5 Å². The van der Waals surface area contributed by atoms with Crippen LogP contribution in [-0.2, 0) is 16.0 Å². The Morgan fingerprint density at radius 3 is 2.13 bits per heavy atom. The lowest BCUT2D eigenvalue weighted by atomic mass is 10.1. The molecule has 0 bridgehead atoms. The van der Waals surface area contributed by atoms with Gasteiger partial charge in [0.1, 0.15) is 5.60 Å². The number of anilines is 1. The van der Waals surface area contributed by atoms with Gasteiger partial charge in [0, 0.05) is 11.7 Å². The van der Waals surface area contributed by atoms with Gasteiger partial charge < -0.3 is 10.1 Å². The van der Waals surface area contributed by atoms with Crippen molar-refractivity contribution in [2.75, 3.05) is 5.32 Å². The van der Waals surface area contributed by atoms with Gasteiger partial charge in [0.2, 0.25) is 5.91 Å². The summed E-state index contributed by atoms with van der Waals surface area (Å²) in [5, 5.41) is 5.68. The number of benzene rings is 1. The molecular weight excluding hydrogens is 292 g/mol. The first-order chi connectivity index (χ1) is 10.7. The van der Waals surface area contributed by atoms with Crippen molar-refractivity contribution in [3.8, 4) is 0 Å². The van der Waals surface area contributed by atoms with E-state index < -0.39 is 11.7 Å². The van der Waals surface area contributed by atoms with E-state index in [1.54, 1.807) is 12.1 Å². The Morgan fingerprint density at radius 2 is 1.65 bits per heavy atom. The van der Waals surface area contributed by atoms with E-state index in [2.05, 4.69) is 24.5 Å². The zero-order valence-corrected chi connectivity index (χ0v) is 14.7. The molecule has 23 heavy (non-hydrogen) atoms. The van der Waals surface area contributed by atoms with Gasteiger partial charge in [-0.1, -0.05) is 26.0 Å². The highest BCUT2D eigenvalue weighted by atomic mass is 16.6. The Morgan fingerprint density at radius 1 is 1.09 bits per heavy atom. The van der Waals surface area contributed by atoms with Gasteiger partial charge in [-0.3, -0.25) is 10.1 Å². The molecule has 5 heteroatoms. The number of carbonyl (C=O) groups is 2. The van der Waals surface area contributed by atoms with Crippen molar-refractivity contribution >= 4 is 17.7 Å². The zero-order chi connectivity index (χ0) is 17.5. The quantitative estimate of drug-likeness (QED) is 0.836. The van der Waals surface area contributed by atoms with Crippen LogP contribution < -0.4 is 10.6 Å². The van der Waals surface area contributed by atoms with Gasteiger partial charge in [-0.05, 0) is 51.3 Å². The summed E-state index contributed by atoms with van der Waals surface area (Å²) in [6.07, 6.45) is 1.71. The summed E-state index contributed by atoms with van der Waals surface area (Å²) in [5.41, 5.74) is 1.02. The molecule has 0 fully saturated rings. The van der Waals surface area contributed by atoms with Crippen molar-refractivity contribution in [3.05, 3.63) is 29.8 Å². The van der Waals surface area contributed by atoms with Crippen LogP contribution >= 0.6 is 0 Å². The SMILES string of the molecule is CCC(CC)NC(=O)Cc1ccc(NC(=O)OC(C)(C)C)cc1. The minimum atomic E-state index is -0.531. The smallest absolute Gasteiger partial charge is 0.412 e. The van der Waals surface area contributed by atoms with Gasteiger partial charge in [0.25, 0.3) is 0 Å². The van der Waals surface area contributed by atoms with Crippen LogP contribution in [0.1, 0.15) is 53.0 Å². The molecule has 1 aromatic rings. The highest BCUT2D eigenvalue weighted by molar-refractivity contribution is 5.85. The van der Waals surface area contributed by atoms with Crippen molar-refractivity contribution in [1.82, 2.24) is 5.32 Å². The molecule has 0 aliphatic rings. The topological polar surface area (TPSA) is 67.4 Å². The second kappa shape index (κ2) is 8.56. The molecule has 0 saturated carbocycles. The zero-order valence-electron chi connectivity index (χ0n) is 14.7. The van der Waals surface area contributed by atoms with Crippen LogP contribution in [0.5, 0.6) is 0 Å². The van der Waals surface area contributed by atoms with Gasteiger partial charge in [-0.2, -0.15) is 0 Å². The third-order valence-corrected chi connectivity index (χ3v) is 3.31.